The van der Waals surface area contributed by atoms with E-state index in [1.165, 1.54) is 0 Å². The number of rotatable bonds is 10. The van der Waals surface area contributed by atoms with E-state index in [1.807, 2.05) is 0 Å². The maximum atomic E-state index is 11.9. The highest BCUT2D eigenvalue weighted by atomic mass is 31.2. The first-order valence-corrected chi connectivity index (χ1v) is 8.36. The first-order chi connectivity index (χ1) is 7.12. The van der Waals surface area contributed by atoms with Crippen LogP contribution in [0.4, 0.5) is 0 Å². The van der Waals surface area contributed by atoms with E-state index < -0.39 is 7.14 Å². The van der Waals surface area contributed by atoms with Gasteiger partial charge in [-0.05, 0) is 19.5 Å². The molecule has 0 radical (unpaired) electrons. The summed E-state index contributed by atoms with van der Waals surface area (Å²) in [5.41, 5.74) is 0. The molecular weight excluding hydrogens is 211 g/mol. The van der Waals surface area contributed by atoms with Crippen molar-refractivity contribution < 1.29 is 14.0 Å². The second-order valence-electron chi connectivity index (χ2n) is 4.08. The number of hydrogen-bond donors (Lipinski definition) is 0. The van der Waals surface area contributed by atoms with Gasteiger partial charge in [-0.2, -0.15) is 0 Å². The Morgan fingerprint density at radius 3 is 1.67 bits per heavy atom. The van der Waals surface area contributed by atoms with Gasteiger partial charge in [0.05, 0.1) is 0 Å². The van der Waals surface area contributed by atoms with Crippen LogP contribution < -0.4 is 0 Å². The molecule has 0 bridgehead atoms. The molecule has 0 spiro atoms. The lowest BCUT2D eigenvalue weighted by Gasteiger charge is -2.13. The van der Waals surface area contributed by atoms with Gasteiger partial charge in [-0.1, -0.05) is 26.7 Å². The van der Waals surface area contributed by atoms with Gasteiger partial charge in [0.25, 0.3) is 0 Å². The van der Waals surface area contributed by atoms with Crippen LogP contribution in [0.3, 0.4) is 0 Å². The normalized spacial score (nSPS) is 11.9. The Hall–Kier alpha value is 0.150. The molecular formula is C11H25O3P. The molecule has 0 saturated heterocycles. The molecule has 0 saturated carbocycles. The zero-order valence-electron chi connectivity index (χ0n) is 10.3. The summed E-state index contributed by atoms with van der Waals surface area (Å²) in [5.74, 6) is 0. The molecule has 0 aliphatic carbocycles. The molecule has 3 nitrogen and oxygen atoms in total. The Balaban J connectivity index is 3.45. The third-order valence-corrected chi connectivity index (χ3v) is 3.47. The summed E-state index contributed by atoms with van der Waals surface area (Å²) in [7, 11) is -2.22. The van der Waals surface area contributed by atoms with Crippen LogP contribution in [0.2, 0.25) is 0 Å². The quantitative estimate of drug-likeness (QED) is 0.430. The van der Waals surface area contributed by atoms with Crippen LogP contribution in [0.15, 0.2) is 0 Å². The van der Waals surface area contributed by atoms with E-state index in [2.05, 4.69) is 13.8 Å². The van der Waals surface area contributed by atoms with Crippen LogP contribution in [-0.4, -0.2) is 32.6 Å². The maximum absolute atomic E-state index is 11.9. The minimum atomic E-state index is -2.22. The molecule has 0 heterocycles. The lowest BCUT2D eigenvalue weighted by Crippen LogP contribution is -2.04. The van der Waals surface area contributed by atoms with Gasteiger partial charge in [0.2, 0.25) is 0 Å². The Morgan fingerprint density at radius 2 is 1.33 bits per heavy atom. The predicted octanol–water partition coefficient (Wildman–Crippen LogP) is 3.53. The maximum Gasteiger partial charge on any atom is 0.133 e. The molecule has 0 unspecified atom stereocenters. The molecule has 0 aliphatic rings. The van der Waals surface area contributed by atoms with Crippen molar-refractivity contribution in [2.45, 2.75) is 39.5 Å². The van der Waals surface area contributed by atoms with Crippen LogP contribution in [0.25, 0.3) is 0 Å². The van der Waals surface area contributed by atoms with E-state index in [1.54, 1.807) is 6.66 Å². The second-order valence-corrected chi connectivity index (χ2v) is 7.19. The van der Waals surface area contributed by atoms with Gasteiger partial charge in [0.15, 0.2) is 0 Å². The summed E-state index contributed by atoms with van der Waals surface area (Å²) in [6.45, 7) is 7.41. The SMILES string of the molecule is CCCCOCP(C)(=O)COCCCC. The fraction of sp³-hybridized carbons (Fsp3) is 1.00. The van der Waals surface area contributed by atoms with E-state index in [9.17, 15) is 4.57 Å². The molecule has 0 N–H and O–H groups in total. The van der Waals surface area contributed by atoms with Crippen molar-refractivity contribution in [1.29, 1.82) is 0 Å². The van der Waals surface area contributed by atoms with Crippen LogP contribution in [0.1, 0.15) is 39.5 Å². The molecule has 0 rings (SSSR count). The second kappa shape index (κ2) is 9.38. The Bertz CT molecular complexity index is 167. The highest BCUT2D eigenvalue weighted by Gasteiger charge is 2.15. The lowest BCUT2D eigenvalue weighted by atomic mass is 10.4. The van der Waals surface area contributed by atoms with Gasteiger partial charge in [0.1, 0.15) is 19.8 Å². The van der Waals surface area contributed by atoms with Crippen molar-refractivity contribution in [3.05, 3.63) is 0 Å². The van der Waals surface area contributed by atoms with Crippen molar-refractivity contribution in [2.24, 2.45) is 0 Å². The van der Waals surface area contributed by atoms with Crippen LogP contribution >= 0.6 is 7.14 Å². The molecule has 15 heavy (non-hydrogen) atoms. The summed E-state index contributed by atoms with van der Waals surface area (Å²) >= 11 is 0. The van der Waals surface area contributed by atoms with Crippen molar-refractivity contribution in [3.8, 4) is 0 Å². The van der Waals surface area contributed by atoms with Gasteiger partial charge in [0, 0.05) is 13.2 Å². The van der Waals surface area contributed by atoms with Crippen LogP contribution in [0, 0.1) is 0 Å². The van der Waals surface area contributed by atoms with Crippen molar-refractivity contribution in [1.82, 2.24) is 0 Å². The average Bonchev–Trinajstić information content (AvgIpc) is 2.20. The zero-order chi connectivity index (χ0) is 11.6. The summed E-state index contributed by atoms with van der Waals surface area (Å²) in [6.07, 6.45) is 5.02. The van der Waals surface area contributed by atoms with Gasteiger partial charge in [-0.25, -0.2) is 0 Å². The van der Waals surface area contributed by atoms with Crippen LogP contribution in [-0.2, 0) is 14.0 Å². The highest BCUT2D eigenvalue weighted by Crippen LogP contribution is 2.40. The molecule has 0 aromatic rings. The molecule has 0 aliphatic heterocycles. The van der Waals surface area contributed by atoms with Crippen LogP contribution in [0.5, 0.6) is 0 Å². The van der Waals surface area contributed by atoms with Crippen molar-refractivity contribution in [2.75, 3.05) is 32.6 Å². The molecule has 92 valence electrons. The number of unbranched alkanes of at least 4 members (excludes halogenated alkanes) is 2. The molecule has 0 aromatic heterocycles. The monoisotopic (exact) mass is 236 g/mol. The number of hydrogen-bond acceptors (Lipinski definition) is 3. The first kappa shape index (κ1) is 15.2. The lowest BCUT2D eigenvalue weighted by molar-refractivity contribution is 0.152. The fourth-order valence-corrected chi connectivity index (χ4v) is 2.15. The number of ether oxygens (including phenoxy) is 2. The molecule has 0 aromatic carbocycles. The van der Waals surface area contributed by atoms with E-state index in [-0.39, 0.29) is 0 Å². The molecule has 0 fully saturated rings. The third-order valence-electron chi connectivity index (χ3n) is 2.01. The predicted molar refractivity (Wildman–Crippen MR) is 65.0 cm³/mol. The van der Waals surface area contributed by atoms with Gasteiger partial charge in [-0.3, -0.25) is 0 Å². The summed E-state index contributed by atoms with van der Waals surface area (Å²) in [4.78, 5) is 0. The Morgan fingerprint density at radius 1 is 0.933 bits per heavy atom. The van der Waals surface area contributed by atoms with Gasteiger partial charge in [-0.15, -0.1) is 0 Å². The summed E-state index contributed by atoms with van der Waals surface area (Å²) in [6, 6.07) is 0. The molecule has 0 amide bonds. The summed E-state index contributed by atoms with van der Waals surface area (Å²) < 4.78 is 22.6. The summed E-state index contributed by atoms with van der Waals surface area (Å²) in [5, 5.41) is 0. The standard InChI is InChI=1S/C11H25O3P/c1-4-6-8-13-10-15(3,12)11-14-9-7-5-2/h4-11H2,1-3H3. The van der Waals surface area contributed by atoms with Gasteiger partial charge < -0.3 is 14.0 Å². The largest absolute Gasteiger partial charge is 0.374 e. The van der Waals surface area contributed by atoms with Crippen molar-refractivity contribution in [3.63, 3.8) is 0 Å². The van der Waals surface area contributed by atoms with E-state index in [0.717, 1.165) is 25.7 Å². The Labute approximate surface area is 93.9 Å². The van der Waals surface area contributed by atoms with E-state index >= 15 is 0 Å². The van der Waals surface area contributed by atoms with Gasteiger partial charge >= 0.3 is 0 Å². The van der Waals surface area contributed by atoms with E-state index in [4.69, 9.17) is 9.47 Å². The molecule has 0 atom stereocenters. The average molecular weight is 236 g/mol. The topological polar surface area (TPSA) is 35.5 Å². The highest BCUT2D eigenvalue weighted by molar-refractivity contribution is 7.62. The fourth-order valence-electron chi connectivity index (χ4n) is 1.05. The van der Waals surface area contributed by atoms with E-state index in [0.29, 0.717) is 25.9 Å². The third kappa shape index (κ3) is 10.4. The minimum Gasteiger partial charge on any atom is -0.374 e. The zero-order valence-corrected chi connectivity index (χ0v) is 11.2. The smallest absolute Gasteiger partial charge is 0.133 e. The molecule has 4 heteroatoms. The van der Waals surface area contributed by atoms with Crippen molar-refractivity contribution >= 4 is 7.14 Å². The minimum absolute atomic E-state index is 0.360. The first-order valence-electron chi connectivity index (χ1n) is 5.83. The Kier molecular flexibility index (Phi) is 9.48.